The second-order valence-corrected chi connectivity index (χ2v) is 7.40. The summed E-state index contributed by atoms with van der Waals surface area (Å²) in [6, 6.07) is 5.44. The number of carbonyl (C=O) groups excluding carboxylic acids is 1. The molecule has 0 spiro atoms. The fraction of sp³-hybridized carbons (Fsp3) is 0.455. The van der Waals surface area contributed by atoms with Gasteiger partial charge in [-0.15, -0.1) is 0 Å². The Bertz CT molecular complexity index is 909. The Morgan fingerprint density at radius 1 is 1.17 bits per heavy atom. The zero-order chi connectivity index (χ0) is 22.3. The van der Waals surface area contributed by atoms with Gasteiger partial charge in [0, 0.05) is 18.0 Å². The van der Waals surface area contributed by atoms with E-state index in [9.17, 15) is 22.8 Å². The van der Waals surface area contributed by atoms with Crippen molar-refractivity contribution in [2.45, 2.75) is 58.7 Å². The predicted molar refractivity (Wildman–Crippen MR) is 110 cm³/mol. The molecular weight excluding hydrogens is 397 g/mol. The Morgan fingerprint density at radius 2 is 1.90 bits per heavy atom. The minimum atomic E-state index is -4.56. The summed E-state index contributed by atoms with van der Waals surface area (Å²) >= 11 is 0. The number of aromatic amines is 1. The van der Waals surface area contributed by atoms with Crippen molar-refractivity contribution in [3.8, 4) is 5.75 Å². The molecule has 2 atom stereocenters. The summed E-state index contributed by atoms with van der Waals surface area (Å²) in [7, 11) is 0. The van der Waals surface area contributed by atoms with Gasteiger partial charge in [0.1, 0.15) is 5.75 Å². The van der Waals surface area contributed by atoms with Crippen molar-refractivity contribution in [3.63, 3.8) is 0 Å². The zero-order valence-corrected chi connectivity index (χ0v) is 17.3. The first-order valence-corrected chi connectivity index (χ1v) is 9.99. The molecule has 8 heteroatoms. The molecule has 1 unspecified atom stereocenters. The summed E-state index contributed by atoms with van der Waals surface area (Å²) < 4.78 is 45.4. The van der Waals surface area contributed by atoms with Gasteiger partial charge in [0.05, 0.1) is 17.2 Å². The van der Waals surface area contributed by atoms with Crippen molar-refractivity contribution in [1.29, 1.82) is 0 Å². The third-order valence-electron chi connectivity index (χ3n) is 4.96. The van der Waals surface area contributed by atoms with E-state index in [2.05, 4.69) is 17.2 Å². The van der Waals surface area contributed by atoms with E-state index in [-0.39, 0.29) is 29.0 Å². The number of unbranched alkanes of at least 4 members (excludes halogenated alkanes) is 2. The van der Waals surface area contributed by atoms with E-state index in [1.807, 2.05) is 6.92 Å². The van der Waals surface area contributed by atoms with Crippen LogP contribution in [0.3, 0.4) is 0 Å². The van der Waals surface area contributed by atoms with Gasteiger partial charge < -0.3 is 15.0 Å². The van der Waals surface area contributed by atoms with Gasteiger partial charge in [-0.2, -0.15) is 13.2 Å². The number of rotatable bonds is 9. The fourth-order valence-corrected chi connectivity index (χ4v) is 2.97. The third-order valence-corrected chi connectivity index (χ3v) is 4.96. The van der Waals surface area contributed by atoms with Gasteiger partial charge in [0.2, 0.25) is 5.56 Å². The summed E-state index contributed by atoms with van der Waals surface area (Å²) in [6.45, 7) is 5.86. The SMILES string of the molecule is CCCCCC(C)[C@@H](C)Oc1cc(C(F)(F)F)ccc1C(=O)Nc1cc[nH]c(=O)c1. The molecular formula is C22H27F3N2O3. The van der Waals surface area contributed by atoms with E-state index in [1.54, 1.807) is 6.92 Å². The number of amides is 1. The summed E-state index contributed by atoms with van der Waals surface area (Å²) in [5, 5.41) is 2.52. The molecule has 0 bridgehead atoms. The molecule has 0 fully saturated rings. The minimum Gasteiger partial charge on any atom is -0.490 e. The highest BCUT2D eigenvalue weighted by Gasteiger charge is 2.32. The molecule has 5 nitrogen and oxygen atoms in total. The van der Waals surface area contributed by atoms with Crippen molar-refractivity contribution in [3.05, 3.63) is 58.0 Å². The molecule has 0 saturated heterocycles. The van der Waals surface area contributed by atoms with Crippen molar-refractivity contribution < 1.29 is 22.7 Å². The van der Waals surface area contributed by atoms with Crippen LogP contribution in [0.2, 0.25) is 0 Å². The van der Waals surface area contributed by atoms with Gasteiger partial charge in [0.15, 0.2) is 0 Å². The quantitative estimate of drug-likeness (QED) is 0.513. The number of hydrogen-bond donors (Lipinski definition) is 2. The van der Waals surface area contributed by atoms with Crippen LogP contribution in [0, 0.1) is 5.92 Å². The minimum absolute atomic E-state index is 0.0316. The highest BCUT2D eigenvalue weighted by atomic mass is 19.4. The standard InChI is InChI=1S/C22H27F3N2O3/c1-4-5-6-7-14(2)15(3)30-19-12-16(22(23,24)25)8-9-18(19)21(29)27-17-10-11-26-20(28)13-17/h8-15H,4-7H2,1-3H3,(H2,26,27,28,29)/t14?,15-/m1/s1. The molecule has 2 aromatic rings. The van der Waals surface area contributed by atoms with Crippen LogP contribution in [0.1, 0.15) is 62.4 Å². The Labute approximate surface area is 173 Å². The average molecular weight is 424 g/mol. The number of hydrogen-bond acceptors (Lipinski definition) is 3. The van der Waals surface area contributed by atoms with Gasteiger partial charge in [0.25, 0.3) is 5.91 Å². The van der Waals surface area contributed by atoms with Gasteiger partial charge in [-0.1, -0.05) is 33.1 Å². The number of ether oxygens (including phenoxy) is 1. The van der Waals surface area contributed by atoms with Crippen LogP contribution in [0.5, 0.6) is 5.75 Å². The highest BCUT2D eigenvalue weighted by molar-refractivity contribution is 6.06. The number of benzene rings is 1. The van der Waals surface area contributed by atoms with E-state index in [0.717, 1.165) is 43.9 Å². The van der Waals surface area contributed by atoms with Crippen molar-refractivity contribution in [2.75, 3.05) is 5.32 Å². The number of aromatic nitrogens is 1. The van der Waals surface area contributed by atoms with Crippen molar-refractivity contribution in [2.24, 2.45) is 5.92 Å². The van der Waals surface area contributed by atoms with E-state index in [0.29, 0.717) is 0 Å². The van der Waals surface area contributed by atoms with Crippen LogP contribution in [0.25, 0.3) is 0 Å². The largest absolute Gasteiger partial charge is 0.490 e. The van der Waals surface area contributed by atoms with Gasteiger partial charge >= 0.3 is 6.18 Å². The van der Waals surface area contributed by atoms with E-state index < -0.39 is 23.2 Å². The fourth-order valence-electron chi connectivity index (χ4n) is 2.97. The Kier molecular flexibility index (Phi) is 8.08. The molecule has 2 N–H and O–H groups in total. The molecule has 0 aliphatic rings. The van der Waals surface area contributed by atoms with Crippen LogP contribution in [0.4, 0.5) is 18.9 Å². The molecule has 1 heterocycles. The van der Waals surface area contributed by atoms with Crippen LogP contribution in [0.15, 0.2) is 41.3 Å². The number of alkyl halides is 3. The number of carbonyl (C=O) groups is 1. The lowest BCUT2D eigenvalue weighted by Gasteiger charge is -2.23. The normalized spacial score (nSPS) is 13.5. The summed E-state index contributed by atoms with van der Waals surface area (Å²) in [5.74, 6) is -0.688. The lowest BCUT2D eigenvalue weighted by atomic mass is 9.98. The molecule has 30 heavy (non-hydrogen) atoms. The maximum Gasteiger partial charge on any atom is 0.416 e. The summed E-state index contributed by atoms with van der Waals surface area (Å²) in [6.07, 6.45) is 0.452. The Morgan fingerprint density at radius 3 is 2.53 bits per heavy atom. The lowest BCUT2D eigenvalue weighted by Crippen LogP contribution is -2.24. The molecule has 1 aromatic heterocycles. The van der Waals surface area contributed by atoms with E-state index >= 15 is 0 Å². The molecule has 164 valence electrons. The smallest absolute Gasteiger partial charge is 0.416 e. The highest BCUT2D eigenvalue weighted by Crippen LogP contribution is 2.34. The molecule has 0 radical (unpaired) electrons. The van der Waals surface area contributed by atoms with Crippen LogP contribution < -0.4 is 15.6 Å². The Hall–Kier alpha value is -2.77. The number of pyridine rings is 1. The van der Waals surface area contributed by atoms with E-state index in [1.165, 1.54) is 18.3 Å². The molecule has 1 amide bonds. The summed E-state index contributed by atoms with van der Waals surface area (Å²) in [4.78, 5) is 26.5. The number of halogens is 3. The average Bonchev–Trinajstić information content (AvgIpc) is 2.67. The second kappa shape index (κ2) is 10.3. The number of H-pyrrole nitrogens is 1. The van der Waals surface area contributed by atoms with Crippen LogP contribution in [-0.2, 0) is 6.18 Å². The van der Waals surface area contributed by atoms with Gasteiger partial charge in [-0.05, 0) is 43.5 Å². The first kappa shape index (κ1) is 23.5. The molecule has 0 aliphatic heterocycles. The lowest BCUT2D eigenvalue weighted by molar-refractivity contribution is -0.137. The molecule has 0 aliphatic carbocycles. The van der Waals surface area contributed by atoms with Crippen LogP contribution >= 0.6 is 0 Å². The number of anilines is 1. The Balaban J connectivity index is 2.28. The van der Waals surface area contributed by atoms with Crippen molar-refractivity contribution >= 4 is 11.6 Å². The maximum absolute atomic E-state index is 13.2. The monoisotopic (exact) mass is 424 g/mol. The molecule has 0 saturated carbocycles. The second-order valence-electron chi connectivity index (χ2n) is 7.40. The summed E-state index contributed by atoms with van der Waals surface area (Å²) in [5.41, 5.74) is -1.10. The molecule has 1 aromatic carbocycles. The van der Waals surface area contributed by atoms with Crippen LogP contribution in [-0.4, -0.2) is 17.0 Å². The first-order chi connectivity index (χ1) is 14.1. The first-order valence-electron chi connectivity index (χ1n) is 9.99. The molecule has 2 rings (SSSR count). The number of nitrogens with one attached hydrogen (secondary N) is 2. The maximum atomic E-state index is 13.2. The predicted octanol–water partition coefficient (Wildman–Crippen LogP) is 5.63. The van der Waals surface area contributed by atoms with Crippen molar-refractivity contribution in [1.82, 2.24) is 4.98 Å². The van der Waals surface area contributed by atoms with Gasteiger partial charge in [-0.25, -0.2) is 0 Å². The topological polar surface area (TPSA) is 71.2 Å². The zero-order valence-electron chi connectivity index (χ0n) is 17.3. The van der Waals surface area contributed by atoms with Gasteiger partial charge in [-0.3, -0.25) is 9.59 Å². The third kappa shape index (κ3) is 6.64. The van der Waals surface area contributed by atoms with E-state index in [4.69, 9.17) is 4.74 Å².